The molecule has 1 aliphatic carbocycles. The molecule has 4 aromatic rings. The van der Waals surface area contributed by atoms with Crippen molar-refractivity contribution in [1.82, 2.24) is 20.2 Å². The molecule has 0 atom stereocenters. The largest absolute Gasteiger partial charge is 0.299 e. The highest BCUT2D eigenvalue weighted by molar-refractivity contribution is 7.99. The topological polar surface area (TPSA) is 72.2 Å². The zero-order chi connectivity index (χ0) is 26.3. The zero-order valence-electron chi connectivity index (χ0n) is 21.3. The lowest BCUT2D eigenvalue weighted by molar-refractivity contribution is -0.118. The number of hydrogen-bond acceptors (Lipinski definition) is 5. The number of nitrogens with zero attached hydrogens (tertiary/aromatic N) is 4. The number of halogens is 1. The van der Waals surface area contributed by atoms with E-state index in [-0.39, 0.29) is 11.7 Å². The summed E-state index contributed by atoms with van der Waals surface area (Å²) < 4.78 is 2.21. The van der Waals surface area contributed by atoms with Gasteiger partial charge in [0.25, 0.3) is 5.91 Å². The summed E-state index contributed by atoms with van der Waals surface area (Å²) in [5, 5.41) is 14.7. The third-order valence-corrected chi connectivity index (χ3v) is 7.99. The Bertz CT molecular complexity index is 1400. The molecule has 1 amide bonds. The number of hydrazone groups is 1. The van der Waals surface area contributed by atoms with E-state index < -0.39 is 0 Å². The van der Waals surface area contributed by atoms with Crippen LogP contribution in [0.5, 0.6) is 0 Å². The van der Waals surface area contributed by atoms with E-state index in [2.05, 4.69) is 49.6 Å². The Morgan fingerprint density at radius 2 is 1.58 bits per heavy atom. The Balaban J connectivity index is 1.24. The summed E-state index contributed by atoms with van der Waals surface area (Å²) in [6.07, 6.45) is 5.81. The number of amides is 1. The van der Waals surface area contributed by atoms with Gasteiger partial charge in [-0.05, 0) is 60.7 Å². The zero-order valence-corrected chi connectivity index (χ0v) is 22.9. The van der Waals surface area contributed by atoms with Crippen molar-refractivity contribution in [3.8, 4) is 22.5 Å². The molecule has 1 aliphatic rings. The van der Waals surface area contributed by atoms with Crippen molar-refractivity contribution in [2.24, 2.45) is 5.10 Å². The molecular formula is C30H30ClN5OS. The maximum atomic E-state index is 12.7. The molecule has 1 saturated carbocycles. The van der Waals surface area contributed by atoms with Gasteiger partial charge in [0.1, 0.15) is 0 Å². The standard InChI is InChI=1S/C30H30ClN5OS/c1-21(22-12-14-24(15-13-22)23-8-4-2-5-9-23)32-33-28(37)20-38-30-35-34-29(25-16-18-26(31)19-17-25)36(30)27-10-6-3-7-11-27/h2,4-5,8-9,12-19,27H,3,6-7,10-11,20H2,1H3,(H,33,37)/b32-21-. The fraction of sp³-hybridized carbons (Fsp3) is 0.267. The van der Waals surface area contributed by atoms with Gasteiger partial charge in [-0.1, -0.05) is 97.2 Å². The molecule has 1 N–H and O–H groups in total. The minimum Gasteiger partial charge on any atom is -0.299 e. The van der Waals surface area contributed by atoms with Gasteiger partial charge in [-0.25, -0.2) is 5.43 Å². The van der Waals surface area contributed by atoms with E-state index >= 15 is 0 Å². The Morgan fingerprint density at radius 3 is 2.29 bits per heavy atom. The molecule has 1 fully saturated rings. The van der Waals surface area contributed by atoms with Crippen molar-refractivity contribution in [2.75, 3.05) is 5.75 Å². The Kier molecular flexibility index (Phi) is 8.56. The van der Waals surface area contributed by atoms with Crippen molar-refractivity contribution < 1.29 is 4.79 Å². The highest BCUT2D eigenvalue weighted by Gasteiger charge is 2.24. The third-order valence-electron chi connectivity index (χ3n) is 6.80. The van der Waals surface area contributed by atoms with Crippen molar-refractivity contribution in [1.29, 1.82) is 0 Å². The van der Waals surface area contributed by atoms with Crippen LogP contribution < -0.4 is 5.43 Å². The van der Waals surface area contributed by atoms with E-state index in [9.17, 15) is 4.79 Å². The molecular weight excluding hydrogens is 514 g/mol. The lowest BCUT2D eigenvalue weighted by Gasteiger charge is -2.25. The Morgan fingerprint density at radius 1 is 0.921 bits per heavy atom. The molecule has 6 nitrogen and oxygen atoms in total. The van der Waals surface area contributed by atoms with Crippen molar-refractivity contribution in [3.63, 3.8) is 0 Å². The van der Waals surface area contributed by atoms with Crippen LogP contribution in [0.15, 0.2) is 89.1 Å². The van der Waals surface area contributed by atoms with Crippen molar-refractivity contribution in [3.05, 3.63) is 89.4 Å². The number of carbonyl (C=O) groups excluding carboxylic acids is 1. The number of nitrogens with one attached hydrogen (secondary N) is 1. The van der Waals surface area contributed by atoms with Crippen LogP contribution in [0, 0.1) is 0 Å². The summed E-state index contributed by atoms with van der Waals surface area (Å²) in [7, 11) is 0. The minimum absolute atomic E-state index is 0.179. The summed E-state index contributed by atoms with van der Waals surface area (Å²) >= 11 is 7.50. The van der Waals surface area contributed by atoms with Crippen LogP contribution in [0.4, 0.5) is 0 Å². The molecule has 1 aromatic heterocycles. The molecule has 0 aliphatic heterocycles. The van der Waals surface area contributed by atoms with Gasteiger partial charge in [0, 0.05) is 16.6 Å². The molecule has 0 bridgehead atoms. The van der Waals surface area contributed by atoms with Gasteiger partial charge in [-0.2, -0.15) is 5.10 Å². The summed E-state index contributed by atoms with van der Waals surface area (Å²) in [4.78, 5) is 12.7. The molecule has 1 heterocycles. The number of carbonyl (C=O) groups is 1. The first kappa shape index (κ1) is 26.2. The fourth-order valence-electron chi connectivity index (χ4n) is 4.75. The maximum Gasteiger partial charge on any atom is 0.250 e. The van der Waals surface area contributed by atoms with Crippen LogP contribution in [0.1, 0.15) is 50.6 Å². The van der Waals surface area contributed by atoms with E-state index in [1.165, 1.54) is 36.6 Å². The molecule has 3 aromatic carbocycles. The third kappa shape index (κ3) is 6.34. The van der Waals surface area contributed by atoms with Gasteiger partial charge in [-0.15, -0.1) is 10.2 Å². The molecule has 0 saturated heterocycles. The second-order valence-corrected chi connectivity index (χ2v) is 10.8. The lowest BCUT2D eigenvalue weighted by atomic mass is 9.95. The number of thioether (sulfide) groups is 1. The van der Waals surface area contributed by atoms with Crippen LogP contribution in [0.3, 0.4) is 0 Å². The smallest absolute Gasteiger partial charge is 0.250 e. The van der Waals surface area contributed by atoms with Gasteiger partial charge in [-0.3, -0.25) is 9.36 Å². The lowest BCUT2D eigenvalue weighted by Crippen LogP contribution is -2.22. The van der Waals surface area contributed by atoms with Crippen LogP contribution in [0.25, 0.3) is 22.5 Å². The van der Waals surface area contributed by atoms with E-state index in [1.54, 1.807) is 0 Å². The van der Waals surface area contributed by atoms with Gasteiger partial charge < -0.3 is 0 Å². The number of aromatic nitrogens is 3. The number of benzene rings is 3. The first-order valence-corrected chi connectivity index (χ1v) is 14.3. The van der Waals surface area contributed by atoms with Crippen LogP contribution >= 0.6 is 23.4 Å². The van der Waals surface area contributed by atoms with Gasteiger partial charge in [0.15, 0.2) is 11.0 Å². The predicted octanol–water partition coefficient (Wildman–Crippen LogP) is 7.40. The molecule has 0 unspecified atom stereocenters. The summed E-state index contributed by atoms with van der Waals surface area (Å²) in [6.45, 7) is 1.89. The first-order chi connectivity index (χ1) is 18.6. The molecule has 0 radical (unpaired) electrons. The quantitative estimate of drug-likeness (QED) is 0.143. The van der Waals surface area contributed by atoms with Gasteiger partial charge >= 0.3 is 0 Å². The summed E-state index contributed by atoms with van der Waals surface area (Å²) in [5.74, 6) is 0.848. The normalized spacial score (nSPS) is 14.4. The van der Waals surface area contributed by atoms with E-state index in [1.807, 2.05) is 61.5 Å². The fourth-order valence-corrected chi connectivity index (χ4v) is 5.67. The van der Waals surface area contributed by atoms with Crippen molar-refractivity contribution >= 4 is 35.0 Å². The SMILES string of the molecule is C/C(=N/NC(=O)CSc1nnc(-c2ccc(Cl)cc2)n1C1CCCCC1)c1ccc(-c2ccccc2)cc1. The Hall–Kier alpha value is -3.42. The number of hydrogen-bond donors (Lipinski definition) is 1. The van der Waals surface area contributed by atoms with Crippen LogP contribution in [-0.4, -0.2) is 32.1 Å². The maximum absolute atomic E-state index is 12.7. The monoisotopic (exact) mass is 543 g/mol. The highest BCUT2D eigenvalue weighted by atomic mass is 35.5. The highest BCUT2D eigenvalue weighted by Crippen LogP contribution is 2.35. The van der Waals surface area contributed by atoms with E-state index in [0.29, 0.717) is 11.1 Å². The van der Waals surface area contributed by atoms with Crippen LogP contribution in [-0.2, 0) is 4.79 Å². The second-order valence-electron chi connectivity index (χ2n) is 9.44. The summed E-state index contributed by atoms with van der Waals surface area (Å²) in [6, 6.07) is 26.4. The minimum atomic E-state index is -0.179. The van der Waals surface area contributed by atoms with Crippen molar-refractivity contribution in [2.45, 2.75) is 50.2 Å². The molecule has 194 valence electrons. The predicted molar refractivity (Wildman–Crippen MR) is 156 cm³/mol. The number of rotatable bonds is 8. The second kappa shape index (κ2) is 12.4. The average Bonchev–Trinajstić information content (AvgIpc) is 3.40. The summed E-state index contributed by atoms with van der Waals surface area (Å²) in [5.41, 5.74) is 7.69. The van der Waals surface area contributed by atoms with E-state index in [4.69, 9.17) is 11.6 Å². The molecule has 5 rings (SSSR count). The van der Waals surface area contributed by atoms with Crippen LogP contribution in [0.2, 0.25) is 5.02 Å². The van der Waals surface area contributed by atoms with Gasteiger partial charge in [0.2, 0.25) is 0 Å². The molecule has 0 spiro atoms. The first-order valence-electron chi connectivity index (χ1n) is 12.9. The average molecular weight is 544 g/mol. The molecule has 38 heavy (non-hydrogen) atoms. The van der Waals surface area contributed by atoms with Gasteiger partial charge in [0.05, 0.1) is 11.5 Å². The van der Waals surface area contributed by atoms with E-state index in [0.717, 1.165) is 46.2 Å². The Labute approximate surface area is 232 Å². The molecule has 8 heteroatoms.